The molecule has 0 rings (SSSR count). The van der Waals surface area contributed by atoms with Gasteiger partial charge in [0.05, 0.1) is 0 Å². The third kappa shape index (κ3) is 28.1. The Balaban J connectivity index is -0.00000000333. The third-order valence-corrected chi connectivity index (χ3v) is 0. The van der Waals surface area contributed by atoms with Crippen LogP contribution in [0.15, 0.2) is 0 Å². The third-order valence-electron chi connectivity index (χ3n) is 0. The summed E-state index contributed by atoms with van der Waals surface area (Å²) in [7, 11) is 0. The Bertz CT molecular complexity index is 12.9. The summed E-state index contributed by atoms with van der Waals surface area (Å²) >= 11 is 1.75. The van der Waals surface area contributed by atoms with Crippen molar-refractivity contribution in [1.29, 1.82) is 0 Å². The van der Waals surface area contributed by atoms with Gasteiger partial charge in [0.2, 0.25) is 0 Å². The van der Waals surface area contributed by atoms with Gasteiger partial charge >= 0.3 is 8.41 Å². The molecule has 0 aliphatic carbocycles. The van der Waals surface area contributed by atoms with Crippen LogP contribution in [-0.4, -0.2) is 20.9 Å². The Morgan fingerprint density at radius 3 is 1.50 bits per heavy atom. The standard InChI is InChI=1S/C2H6S.B.3H/c1-3-2;;;;/h1-2H3;;;;/q;+3;3*-1. The summed E-state index contributed by atoms with van der Waals surface area (Å²) in [6, 6.07) is 0. The van der Waals surface area contributed by atoms with Crippen molar-refractivity contribution in [3.8, 4) is 0 Å². The van der Waals surface area contributed by atoms with Crippen LogP contribution in [0, 0.1) is 0 Å². The topological polar surface area (TPSA) is 0 Å². The van der Waals surface area contributed by atoms with Crippen LogP contribution < -0.4 is 0 Å². The molecule has 0 aromatic carbocycles. The van der Waals surface area contributed by atoms with Crippen molar-refractivity contribution in [3.63, 3.8) is 0 Å². The van der Waals surface area contributed by atoms with E-state index < -0.39 is 0 Å². The molecule has 0 atom stereocenters. The van der Waals surface area contributed by atoms with E-state index in [0.717, 1.165) is 0 Å². The van der Waals surface area contributed by atoms with E-state index in [9.17, 15) is 0 Å². The zero-order chi connectivity index (χ0) is 2.71. The van der Waals surface area contributed by atoms with Gasteiger partial charge in [-0.2, -0.15) is 11.8 Å². The van der Waals surface area contributed by atoms with Gasteiger partial charge in [0, 0.05) is 0 Å². The molecular formula is C2H9BS. The summed E-state index contributed by atoms with van der Waals surface area (Å²) in [6.45, 7) is 0. The van der Waals surface area contributed by atoms with Gasteiger partial charge in [0.25, 0.3) is 0 Å². The number of rotatable bonds is 0. The predicted molar refractivity (Wildman–Crippen MR) is 28.5 cm³/mol. The smallest absolute Gasteiger partial charge is 1.00 e. The van der Waals surface area contributed by atoms with Crippen molar-refractivity contribution < 1.29 is 4.28 Å². The fraction of sp³-hybridized carbons (Fsp3) is 1.00. The van der Waals surface area contributed by atoms with Gasteiger partial charge in [-0.15, -0.1) is 0 Å². The zero-order valence-electron chi connectivity index (χ0n) is 5.99. The first-order valence-corrected chi connectivity index (χ1v) is 2.45. The summed E-state index contributed by atoms with van der Waals surface area (Å²) in [6.07, 6.45) is 4.08. The van der Waals surface area contributed by atoms with Gasteiger partial charge in [0.15, 0.2) is 0 Å². The van der Waals surface area contributed by atoms with E-state index in [2.05, 4.69) is 0 Å². The van der Waals surface area contributed by atoms with Gasteiger partial charge in [-0.3, -0.25) is 0 Å². The molecule has 0 bridgehead atoms. The van der Waals surface area contributed by atoms with Crippen LogP contribution in [0.3, 0.4) is 0 Å². The van der Waals surface area contributed by atoms with Gasteiger partial charge in [-0.1, -0.05) is 0 Å². The van der Waals surface area contributed by atoms with E-state index in [4.69, 9.17) is 0 Å². The largest absolute Gasteiger partial charge is 3.00 e. The number of thioether (sulfide) groups is 1. The van der Waals surface area contributed by atoms with Crippen LogP contribution in [0.5, 0.6) is 0 Å². The molecule has 0 aliphatic rings. The van der Waals surface area contributed by atoms with E-state index in [1.54, 1.807) is 11.8 Å². The molecule has 0 fully saturated rings. The first-order chi connectivity index (χ1) is 1.41. The summed E-state index contributed by atoms with van der Waals surface area (Å²) in [4.78, 5) is 0. The van der Waals surface area contributed by atoms with E-state index in [-0.39, 0.29) is 12.7 Å². The molecule has 0 aromatic heterocycles. The normalized spacial score (nSPS) is 4.50. The second kappa shape index (κ2) is 9.95. The van der Waals surface area contributed by atoms with Crippen LogP contribution >= 0.6 is 11.8 Å². The molecule has 2 heteroatoms. The first-order valence-electron chi connectivity index (χ1n) is 0.816. The molecule has 0 heterocycles. The van der Waals surface area contributed by atoms with E-state index >= 15 is 0 Å². The molecule has 4 heavy (non-hydrogen) atoms. The molecule has 0 amide bonds. The second-order valence-electron chi connectivity index (χ2n) is 0.408. The van der Waals surface area contributed by atoms with Crippen molar-refractivity contribution in [2.75, 3.05) is 12.5 Å². The van der Waals surface area contributed by atoms with Crippen LogP contribution in [0.25, 0.3) is 0 Å². The molecule has 0 saturated heterocycles. The maximum atomic E-state index is 2.04. The predicted octanol–water partition coefficient (Wildman–Crippen LogP) is 0.936. The Kier molecular flexibility index (Phi) is 22.0. The van der Waals surface area contributed by atoms with Crippen LogP contribution in [-0.2, 0) is 0 Å². The number of hydrogen-bond acceptors (Lipinski definition) is 1. The molecular weight excluding hydrogens is 66.9 g/mol. The molecule has 0 spiro atoms. The fourth-order valence-corrected chi connectivity index (χ4v) is 0. The van der Waals surface area contributed by atoms with Crippen molar-refractivity contribution in [3.05, 3.63) is 0 Å². The fourth-order valence-electron chi connectivity index (χ4n) is 0. The van der Waals surface area contributed by atoms with Crippen molar-refractivity contribution in [2.45, 2.75) is 0 Å². The minimum Gasteiger partial charge on any atom is -1.00 e. The van der Waals surface area contributed by atoms with Crippen molar-refractivity contribution in [2.24, 2.45) is 0 Å². The van der Waals surface area contributed by atoms with Crippen LogP contribution in [0.4, 0.5) is 0 Å². The summed E-state index contributed by atoms with van der Waals surface area (Å²) in [5.74, 6) is 0. The second-order valence-corrected chi connectivity index (χ2v) is 1.22. The quantitative estimate of drug-likeness (QED) is 0.387. The van der Waals surface area contributed by atoms with Gasteiger partial charge in [-0.05, 0) is 12.5 Å². The Hall–Kier alpha value is 0.415. The van der Waals surface area contributed by atoms with Crippen molar-refractivity contribution in [1.82, 2.24) is 0 Å². The first kappa shape index (κ1) is 8.83. The maximum Gasteiger partial charge on any atom is 3.00 e. The van der Waals surface area contributed by atoms with Crippen LogP contribution in [0.1, 0.15) is 4.28 Å². The van der Waals surface area contributed by atoms with E-state index in [1.165, 1.54) is 0 Å². The minimum absolute atomic E-state index is 0. The maximum absolute atomic E-state index is 2.04. The summed E-state index contributed by atoms with van der Waals surface area (Å²) in [5, 5.41) is 0. The average molecular weight is 76.0 g/mol. The Morgan fingerprint density at radius 1 is 1.50 bits per heavy atom. The zero-order valence-corrected chi connectivity index (χ0v) is 3.80. The molecule has 0 nitrogen and oxygen atoms in total. The molecule has 0 radical (unpaired) electrons. The molecule has 0 saturated carbocycles. The van der Waals surface area contributed by atoms with E-state index in [0.29, 0.717) is 0 Å². The average Bonchev–Trinajstić information content (AvgIpc) is 0.918. The summed E-state index contributed by atoms with van der Waals surface area (Å²) in [5.41, 5.74) is 0. The monoisotopic (exact) mass is 76.1 g/mol. The Labute approximate surface area is 38.0 Å². The minimum atomic E-state index is 0. The molecule has 0 aromatic rings. The Morgan fingerprint density at radius 2 is 1.50 bits per heavy atom. The molecule has 0 aliphatic heterocycles. The van der Waals surface area contributed by atoms with Crippen LogP contribution in [0.2, 0.25) is 0 Å². The molecule has 0 N–H and O–H groups in total. The number of hydrogen-bond donors (Lipinski definition) is 0. The SMILES string of the molecule is CSC.[B+3].[H-].[H-].[H-]. The summed E-state index contributed by atoms with van der Waals surface area (Å²) < 4.78 is 0. The molecule has 26 valence electrons. The van der Waals surface area contributed by atoms with E-state index in [1.807, 2.05) is 12.5 Å². The van der Waals surface area contributed by atoms with Crippen molar-refractivity contribution >= 4 is 20.2 Å². The van der Waals surface area contributed by atoms with Gasteiger partial charge in [-0.25, -0.2) is 0 Å². The molecule has 0 unspecified atom stereocenters. The van der Waals surface area contributed by atoms with Gasteiger partial charge in [0.1, 0.15) is 0 Å². The van der Waals surface area contributed by atoms with Gasteiger partial charge < -0.3 is 4.28 Å².